The van der Waals surface area contributed by atoms with Crippen LogP contribution in [0.25, 0.3) is 0 Å². The van der Waals surface area contributed by atoms with E-state index in [0.29, 0.717) is 12.5 Å². The standard InChI is InChI=1S/C19H24FN3O3/c1-21-15-8-11-2-7-16(26-19(25)12-3-4-12)17(15)23(10-11)18(24)14-6-5-13(20)9-22-14/h5-6,9,11-12,15-17,21H,2-4,7-8,10H2,1H3/t11-,15+,16-,17+/m1/s1. The molecule has 2 saturated heterocycles. The molecule has 4 fully saturated rings. The van der Waals surface area contributed by atoms with Crippen molar-refractivity contribution in [2.45, 2.75) is 50.3 Å². The van der Waals surface area contributed by atoms with E-state index in [9.17, 15) is 14.0 Å². The molecule has 2 saturated carbocycles. The molecule has 1 aromatic heterocycles. The zero-order valence-corrected chi connectivity index (χ0v) is 14.9. The molecule has 4 atom stereocenters. The van der Waals surface area contributed by atoms with E-state index in [0.717, 1.165) is 38.3 Å². The molecular formula is C19H24FN3O3. The molecule has 140 valence electrons. The number of pyridine rings is 1. The zero-order chi connectivity index (χ0) is 18.3. The first-order valence-corrected chi connectivity index (χ1v) is 9.37. The monoisotopic (exact) mass is 361 g/mol. The second-order valence-electron chi connectivity index (χ2n) is 7.63. The number of rotatable bonds is 4. The third kappa shape index (κ3) is 3.32. The Morgan fingerprint density at radius 2 is 2.08 bits per heavy atom. The van der Waals surface area contributed by atoms with Crippen molar-refractivity contribution in [2.24, 2.45) is 11.8 Å². The van der Waals surface area contributed by atoms with Crippen LogP contribution in [0.2, 0.25) is 0 Å². The Morgan fingerprint density at radius 1 is 1.27 bits per heavy atom. The first kappa shape index (κ1) is 17.4. The van der Waals surface area contributed by atoms with E-state index < -0.39 is 5.82 Å². The molecule has 0 spiro atoms. The number of nitrogens with one attached hydrogen (secondary N) is 1. The Bertz CT molecular complexity index is 692. The number of likely N-dealkylation sites (N-methyl/N-ethyl adjacent to an activating group) is 1. The summed E-state index contributed by atoms with van der Waals surface area (Å²) in [6.07, 6.45) is 5.21. The highest BCUT2D eigenvalue weighted by atomic mass is 19.1. The van der Waals surface area contributed by atoms with Crippen molar-refractivity contribution >= 4 is 11.9 Å². The molecule has 2 aliphatic carbocycles. The van der Waals surface area contributed by atoms with E-state index in [1.54, 1.807) is 4.90 Å². The summed E-state index contributed by atoms with van der Waals surface area (Å²) in [6, 6.07) is 2.50. The number of carbonyl (C=O) groups excluding carboxylic acids is 2. The lowest BCUT2D eigenvalue weighted by Gasteiger charge is -2.44. The van der Waals surface area contributed by atoms with Crippen LogP contribution in [0.5, 0.6) is 0 Å². The van der Waals surface area contributed by atoms with Crippen LogP contribution >= 0.6 is 0 Å². The van der Waals surface area contributed by atoms with Crippen LogP contribution < -0.4 is 5.32 Å². The lowest BCUT2D eigenvalue weighted by Crippen LogP contribution is -2.61. The Hall–Kier alpha value is -2.02. The minimum absolute atomic E-state index is 0.0337. The maximum atomic E-state index is 13.2. The first-order valence-electron chi connectivity index (χ1n) is 9.37. The molecule has 6 nitrogen and oxygen atoms in total. The van der Waals surface area contributed by atoms with Crippen molar-refractivity contribution in [2.75, 3.05) is 13.6 Å². The number of carbonyl (C=O) groups is 2. The second-order valence-corrected chi connectivity index (χ2v) is 7.63. The number of halogens is 1. The van der Waals surface area contributed by atoms with Crippen molar-refractivity contribution in [3.8, 4) is 0 Å². The van der Waals surface area contributed by atoms with Gasteiger partial charge in [-0.1, -0.05) is 0 Å². The summed E-state index contributed by atoms with van der Waals surface area (Å²) in [5.74, 6) is -0.441. The van der Waals surface area contributed by atoms with Gasteiger partial charge >= 0.3 is 5.97 Å². The molecule has 2 bridgehead atoms. The fourth-order valence-electron chi connectivity index (χ4n) is 4.28. The molecule has 26 heavy (non-hydrogen) atoms. The van der Waals surface area contributed by atoms with Crippen LogP contribution in [0.4, 0.5) is 4.39 Å². The molecule has 0 aromatic carbocycles. The number of fused-ring (bicyclic) bond motifs is 4. The lowest BCUT2D eigenvalue weighted by atomic mass is 9.89. The second kappa shape index (κ2) is 6.95. The molecule has 1 aromatic rings. The number of ether oxygens (including phenoxy) is 1. The predicted molar refractivity (Wildman–Crippen MR) is 91.8 cm³/mol. The Morgan fingerprint density at radius 3 is 2.73 bits per heavy atom. The van der Waals surface area contributed by atoms with Crippen LogP contribution in [-0.4, -0.2) is 53.5 Å². The van der Waals surface area contributed by atoms with Gasteiger partial charge in [0, 0.05) is 12.6 Å². The van der Waals surface area contributed by atoms with Gasteiger partial charge in [0.05, 0.1) is 18.2 Å². The SMILES string of the molecule is CN[C@H]1C[C@H]2CC[C@@H](OC(=O)C3CC3)[C@H]1N(C(=O)c1ccc(F)cn1)C2. The fraction of sp³-hybridized carbons (Fsp3) is 0.632. The lowest BCUT2D eigenvalue weighted by molar-refractivity contribution is -0.154. The number of amides is 1. The van der Waals surface area contributed by atoms with E-state index in [-0.39, 0.29) is 41.7 Å². The average molecular weight is 361 g/mol. The normalized spacial score (nSPS) is 30.8. The highest BCUT2D eigenvalue weighted by Crippen LogP contribution is 2.38. The summed E-state index contributed by atoms with van der Waals surface area (Å²) in [5, 5.41) is 3.30. The maximum Gasteiger partial charge on any atom is 0.309 e. The molecule has 0 unspecified atom stereocenters. The maximum absolute atomic E-state index is 13.2. The molecule has 5 rings (SSSR count). The molecule has 1 N–H and O–H groups in total. The predicted octanol–water partition coefficient (Wildman–Crippen LogP) is 1.75. The van der Waals surface area contributed by atoms with E-state index >= 15 is 0 Å². The Labute approximate surface area is 152 Å². The smallest absolute Gasteiger partial charge is 0.309 e. The van der Waals surface area contributed by atoms with Crippen LogP contribution in [-0.2, 0) is 9.53 Å². The molecule has 7 heteroatoms. The summed E-state index contributed by atoms with van der Waals surface area (Å²) < 4.78 is 19.0. The van der Waals surface area contributed by atoms with Gasteiger partial charge in [0.25, 0.3) is 5.91 Å². The van der Waals surface area contributed by atoms with Gasteiger partial charge in [-0.2, -0.15) is 0 Å². The summed E-state index contributed by atoms with van der Waals surface area (Å²) in [6.45, 7) is 0.623. The van der Waals surface area contributed by atoms with Gasteiger partial charge in [0.1, 0.15) is 17.6 Å². The van der Waals surface area contributed by atoms with E-state index in [2.05, 4.69) is 10.3 Å². The summed E-state index contributed by atoms with van der Waals surface area (Å²) in [5.41, 5.74) is 0.223. The van der Waals surface area contributed by atoms with Crippen LogP contribution in [0.1, 0.15) is 42.6 Å². The summed E-state index contributed by atoms with van der Waals surface area (Å²) in [4.78, 5) is 31.0. The van der Waals surface area contributed by atoms with Crippen LogP contribution in [0.3, 0.4) is 0 Å². The number of hydrogen-bond acceptors (Lipinski definition) is 5. The van der Waals surface area contributed by atoms with Gasteiger partial charge in [-0.05, 0) is 57.2 Å². The minimum atomic E-state index is -0.469. The van der Waals surface area contributed by atoms with Crippen LogP contribution in [0, 0.1) is 17.7 Å². The molecule has 3 heterocycles. The molecule has 1 amide bonds. The number of nitrogens with zero attached hydrogens (tertiary/aromatic N) is 2. The van der Waals surface area contributed by atoms with E-state index in [1.165, 1.54) is 12.1 Å². The van der Waals surface area contributed by atoms with Crippen molar-refractivity contribution in [1.29, 1.82) is 0 Å². The van der Waals surface area contributed by atoms with Gasteiger partial charge in [-0.15, -0.1) is 0 Å². The largest absolute Gasteiger partial charge is 0.460 e. The van der Waals surface area contributed by atoms with E-state index in [1.807, 2.05) is 7.05 Å². The number of aromatic nitrogens is 1. The van der Waals surface area contributed by atoms with Crippen molar-refractivity contribution in [3.63, 3.8) is 0 Å². The molecule has 0 radical (unpaired) electrons. The summed E-state index contributed by atoms with van der Waals surface area (Å²) >= 11 is 0. The Kier molecular flexibility index (Phi) is 4.65. The number of hydrogen-bond donors (Lipinski definition) is 1. The molecule has 2 aliphatic heterocycles. The fourth-order valence-corrected chi connectivity index (χ4v) is 4.28. The third-order valence-corrected chi connectivity index (χ3v) is 5.81. The Balaban J connectivity index is 1.60. The summed E-state index contributed by atoms with van der Waals surface area (Å²) in [7, 11) is 1.88. The van der Waals surface area contributed by atoms with Crippen LogP contribution in [0.15, 0.2) is 18.3 Å². The van der Waals surface area contributed by atoms with E-state index in [4.69, 9.17) is 4.74 Å². The first-order chi connectivity index (χ1) is 12.6. The van der Waals surface area contributed by atoms with Gasteiger partial charge in [0.15, 0.2) is 0 Å². The van der Waals surface area contributed by atoms with Gasteiger partial charge in [-0.3, -0.25) is 9.59 Å². The third-order valence-electron chi connectivity index (χ3n) is 5.81. The molecule has 4 aliphatic rings. The minimum Gasteiger partial charge on any atom is -0.460 e. The zero-order valence-electron chi connectivity index (χ0n) is 14.9. The highest BCUT2D eigenvalue weighted by molar-refractivity contribution is 5.92. The molecular weight excluding hydrogens is 337 g/mol. The highest BCUT2D eigenvalue weighted by Gasteiger charge is 2.48. The van der Waals surface area contributed by atoms with Gasteiger partial charge in [0.2, 0.25) is 0 Å². The van der Waals surface area contributed by atoms with Gasteiger partial charge < -0.3 is 15.0 Å². The van der Waals surface area contributed by atoms with Gasteiger partial charge in [-0.25, -0.2) is 9.37 Å². The topological polar surface area (TPSA) is 71.5 Å². The quantitative estimate of drug-likeness (QED) is 0.828. The van der Waals surface area contributed by atoms with Crippen molar-refractivity contribution < 1.29 is 18.7 Å². The van der Waals surface area contributed by atoms with Crippen molar-refractivity contribution in [3.05, 3.63) is 29.8 Å². The van der Waals surface area contributed by atoms with Crippen molar-refractivity contribution in [1.82, 2.24) is 15.2 Å². The number of esters is 1. The number of piperidine rings is 1. The average Bonchev–Trinajstić information content (AvgIpc) is 3.50.